The number of benzene rings is 1. The molecule has 25 heavy (non-hydrogen) atoms. The van der Waals surface area contributed by atoms with Crippen molar-refractivity contribution in [3.8, 4) is 5.75 Å². The molecule has 0 bridgehead atoms. The second-order valence-electron chi connectivity index (χ2n) is 6.31. The van der Waals surface area contributed by atoms with Gasteiger partial charge in [0.1, 0.15) is 5.75 Å². The molecule has 0 unspecified atom stereocenters. The van der Waals surface area contributed by atoms with E-state index < -0.39 is 0 Å². The van der Waals surface area contributed by atoms with Crippen LogP contribution >= 0.6 is 0 Å². The van der Waals surface area contributed by atoms with Gasteiger partial charge in [-0.15, -0.1) is 6.58 Å². The Morgan fingerprint density at radius 2 is 2.20 bits per heavy atom. The molecule has 0 saturated carbocycles. The first-order valence-corrected chi connectivity index (χ1v) is 8.95. The van der Waals surface area contributed by atoms with Crippen molar-refractivity contribution in [3.63, 3.8) is 0 Å². The lowest BCUT2D eigenvalue weighted by molar-refractivity contribution is -0.143. The molecule has 1 aromatic carbocycles. The van der Waals surface area contributed by atoms with Gasteiger partial charge in [0.05, 0.1) is 19.1 Å². The van der Waals surface area contributed by atoms with Gasteiger partial charge >= 0.3 is 0 Å². The van der Waals surface area contributed by atoms with Gasteiger partial charge in [0, 0.05) is 25.1 Å². The molecule has 1 fully saturated rings. The molecule has 1 saturated heterocycles. The van der Waals surface area contributed by atoms with Crippen molar-refractivity contribution >= 4 is 11.8 Å². The number of carbonyl (C=O) groups is 2. The maximum absolute atomic E-state index is 12.7. The van der Waals surface area contributed by atoms with Gasteiger partial charge in [-0.3, -0.25) is 9.59 Å². The van der Waals surface area contributed by atoms with Crippen LogP contribution in [0.4, 0.5) is 0 Å². The lowest BCUT2D eigenvalue weighted by Crippen LogP contribution is -2.48. The summed E-state index contributed by atoms with van der Waals surface area (Å²) < 4.78 is 5.51. The summed E-state index contributed by atoms with van der Waals surface area (Å²) in [6.07, 6.45) is 4.53. The van der Waals surface area contributed by atoms with Crippen molar-refractivity contribution in [1.29, 1.82) is 0 Å². The zero-order valence-electron chi connectivity index (χ0n) is 15.2. The number of amides is 2. The minimum absolute atomic E-state index is 0.0372. The first-order valence-electron chi connectivity index (χ1n) is 8.95. The number of carbonyl (C=O) groups excluding carboxylic acids is 2. The van der Waals surface area contributed by atoms with Crippen LogP contribution in [0.3, 0.4) is 0 Å². The molecule has 5 nitrogen and oxygen atoms in total. The number of hydrogen-bond donors (Lipinski definition) is 1. The predicted molar refractivity (Wildman–Crippen MR) is 98.3 cm³/mol. The van der Waals surface area contributed by atoms with Crippen LogP contribution in [-0.4, -0.2) is 36.9 Å². The summed E-state index contributed by atoms with van der Waals surface area (Å²) in [6.45, 7) is 6.83. The average Bonchev–Trinajstić information content (AvgIpc) is 2.64. The third-order valence-electron chi connectivity index (χ3n) is 4.67. The molecule has 2 rings (SSSR count). The van der Waals surface area contributed by atoms with E-state index in [0.29, 0.717) is 31.7 Å². The smallest absolute Gasteiger partial charge is 0.225 e. The van der Waals surface area contributed by atoms with Crippen molar-refractivity contribution in [2.75, 3.05) is 20.2 Å². The molecular formula is C20H28N2O3. The highest BCUT2D eigenvalue weighted by atomic mass is 16.5. The molecule has 1 aliphatic heterocycles. The van der Waals surface area contributed by atoms with Crippen molar-refractivity contribution in [2.24, 2.45) is 5.92 Å². The van der Waals surface area contributed by atoms with Gasteiger partial charge in [-0.1, -0.05) is 37.6 Å². The molecule has 1 aliphatic rings. The molecule has 2 amide bonds. The normalized spacial score (nSPS) is 20.2. The van der Waals surface area contributed by atoms with Gasteiger partial charge < -0.3 is 15.0 Å². The van der Waals surface area contributed by atoms with Crippen LogP contribution in [0.5, 0.6) is 5.75 Å². The largest absolute Gasteiger partial charge is 0.496 e. The SMILES string of the molecule is C=CCNC(=O)[C@@H]1CCC(=O)N(CCCC)[C@@H]1c1ccccc1OC. The molecule has 0 aromatic heterocycles. The topological polar surface area (TPSA) is 58.6 Å². The van der Waals surface area contributed by atoms with Crippen LogP contribution in [0.15, 0.2) is 36.9 Å². The predicted octanol–water partition coefficient (Wildman–Crippen LogP) is 3.08. The quantitative estimate of drug-likeness (QED) is 0.737. The summed E-state index contributed by atoms with van der Waals surface area (Å²) >= 11 is 0. The number of likely N-dealkylation sites (tertiary alicyclic amines) is 1. The van der Waals surface area contributed by atoms with Gasteiger partial charge in [-0.2, -0.15) is 0 Å². The minimum Gasteiger partial charge on any atom is -0.496 e. The number of hydrogen-bond acceptors (Lipinski definition) is 3. The number of ether oxygens (including phenoxy) is 1. The van der Waals surface area contributed by atoms with Crippen LogP contribution in [0, 0.1) is 5.92 Å². The minimum atomic E-state index is -0.297. The molecule has 1 N–H and O–H groups in total. The van der Waals surface area contributed by atoms with Crippen molar-refractivity contribution in [1.82, 2.24) is 10.2 Å². The highest BCUT2D eigenvalue weighted by molar-refractivity contribution is 5.85. The number of para-hydroxylation sites is 1. The number of unbranched alkanes of at least 4 members (excludes halogenated alkanes) is 1. The number of methoxy groups -OCH3 is 1. The highest BCUT2D eigenvalue weighted by Gasteiger charge is 2.41. The van der Waals surface area contributed by atoms with E-state index in [1.807, 2.05) is 29.2 Å². The van der Waals surface area contributed by atoms with Crippen molar-refractivity contribution < 1.29 is 14.3 Å². The molecule has 136 valence electrons. The lowest BCUT2D eigenvalue weighted by atomic mass is 9.83. The summed E-state index contributed by atoms with van der Waals surface area (Å²) in [6, 6.07) is 7.36. The monoisotopic (exact) mass is 344 g/mol. The number of nitrogens with zero attached hydrogens (tertiary/aromatic N) is 1. The maximum Gasteiger partial charge on any atom is 0.225 e. The Kier molecular flexibility index (Phi) is 7.04. The first-order chi connectivity index (χ1) is 12.1. The second kappa shape index (κ2) is 9.25. The van der Waals surface area contributed by atoms with E-state index in [4.69, 9.17) is 4.74 Å². The molecule has 0 spiro atoms. The van der Waals surface area contributed by atoms with E-state index in [2.05, 4.69) is 18.8 Å². The lowest BCUT2D eigenvalue weighted by Gasteiger charge is -2.41. The molecule has 2 atom stereocenters. The number of nitrogens with one attached hydrogen (secondary N) is 1. The van der Waals surface area contributed by atoms with Gasteiger partial charge in [-0.25, -0.2) is 0 Å². The molecule has 1 aromatic rings. The van der Waals surface area contributed by atoms with Gasteiger partial charge in [0.2, 0.25) is 11.8 Å². The summed E-state index contributed by atoms with van der Waals surface area (Å²) in [4.78, 5) is 27.2. The number of piperidine rings is 1. The fourth-order valence-corrected chi connectivity index (χ4v) is 3.42. The van der Waals surface area contributed by atoms with Crippen LogP contribution in [-0.2, 0) is 9.59 Å². The standard InChI is InChI=1S/C20H28N2O3/c1-4-6-14-22-18(23)12-11-16(20(24)21-13-5-2)19(22)15-9-7-8-10-17(15)25-3/h5,7-10,16,19H,2,4,6,11-14H2,1,3H3,(H,21,24)/t16-,19-/m1/s1. The van der Waals surface area contributed by atoms with E-state index in [1.54, 1.807) is 13.2 Å². The van der Waals surface area contributed by atoms with Gasteiger partial charge in [-0.05, 0) is 18.9 Å². The Hall–Kier alpha value is -2.30. The Morgan fingerprint density at radius 3 is 2.88 bits per heavy atom. The number of rotatable bonds is 8. The Morgan fingerprint density at radius 1 is 1.44 bits per heavy atom. The molecule has 1 heterocycles. The average molecular weight is 344 g/mol. The van der Waals surface area contributed by atoms with Gasteiger partial charge in [0.25, 0.3) is 0 Å². The highest BCUT2D eigenvalue weighted by Crippen LogP contribution is 2.40. The van der Waals surface area contributed by atoms with Crippen LogP contribution in [0.1, 0.15) is 44.2 Å². The summed E-state index contributed by atoms with van der Waals surface area (Å²) in [5, 5.41) is 2.89. The summed E-state index contributed by atoms with van der Waals surface area (Å²) in [5.41, 5.74) is 0.896. The Balaban J connectivity index is 2.41. The molecular weight excluding hydrogens is 316 g/mol. The summed E-state index contributed by atoms with van der Waals surface area (Å²) in [7, 11) is 1.62. The van der Waals surface area contributed by atoms with E-state index in [0.717, 1.165) is 18.4 Å². The van der Waals surface area contributed by atoms with Crippen LogP contribution < -0.4 is 10.1 Å². The van der Waals surface area contributed by atoms with Gasteiger partial charge in [0.15, 0.2) is 0 Å². The maximum atomic E-state index is 12.7. The fraction of sp³-hybridized carbons (Fsp3) is 0.500. The Labute approximate surface area is 150 Å². The molecule has 5 heteroatoms. The third-order valence-corrected chi connectivity index (χ3v) is 4.67. The van der Waals surface area contributed by atoms with E-state index in [-0.39, 0.29) is 23.8 Å². The molecule has 0 aliphatic carbocycles. The summed E-state index contributed by atoms with van der Waals surface area (Å²) in [5.74, 6) is 0.498. The third kappa shape index (κ3) is 4.41. The van der Waals surface area contributed by atoms with E-state index in [1.165, 1.54) is 0 Å². The van der Waals surface area contributed by atoms with Crippen LogP contribution in [0.2, 0.25) is 0 Å². The first kappa shape index (κ1) is 19.0. The molecule has 0 radical (unpaired) electrons. The van der Waals surface area contributed by atoms with Crippen LogP contribution in [0.25, 0.3) is 0 Å². The fourth-order valence-electron chi connectivity index (χ4n) is 3.42. The zero-order valence-corrected chi connectivity index (χ0v) is 15.2. The Bertz CT molecular complexity index is 615. The van der Waals surface area contributed by atoms with Crippen molar-refractivity contribution in [2.45, 2.75) is 38.6 Å². The van der Waals surface area contributed by atoms with Crippen molar-refractivity contribution in [3.05, 3.63) is 42.5 Å². The van der Waals surface area contributed by atoms with E-state index >= 15 is 0 Å². The van der Waals surface area contributed by atoms with E-state index in [9.17, 15) is 9.59 Å². The zero-order chi connectivity index (χ0) is 18.2. The second-order valence-corrected chi connectivity index (χ2v) is 6.31.